The van der Waals surface area contributed by atoms with Crippen LogP contribution in [0.15, 0.2) is 33.8 Å². The summed E-state index contributed by atoms with van der Waals surface area (Å²) in [7, 11) is 0. The SMILES string of the molecule is CCCCOC(=O)N1CCN(C(=O)OCCCC)C(C2=C3C=NC=C[NH+]3C=N2)C1.[Cl-]. The van der Waals surface area contributed by atoms with Crippen LogP contribution in [0.1, 0.15) is 39.5 Å². The van der Waals surface area contributed by atoms with E-state index in [9.17, 15) is 9.59 Å². The number of amides is 2. The minimum Gasteiger partial charge on any atom is -1.00 e. The number of hydrogen-bond donors (Lipinski definition) is 1. The number of rotatable bonds is 7. The van der Waals surface area contributed by atoms with Gasteiger partial charge in [-0.2, -0.15) is 4.99 Å². The third kappa shape index (κ3) is 5.60. The zero-order chi connectivity index (χ0) is 20.6. The summed E-state index contributed by atoms with van der Waals surface area (Å²) in [5.74, 6) is 0. The van der Waals surface area contributed by atoms with Crippen LogP contribution < -0.4 is 17.3 Å². The molecule has 0 saturated carbocycles. The topological polar surface area (TPSA) is 88.2 Å². The van der Waals surface area contributed by atoms with Crippen molar-refractivity contribution in [3.63, 3.8) is 0 Å². The molecule has 10 heteroatoms. The summed E-state index contributed by atoms with van der Waals surface area (Å²) in [6.07, 6.45) is 9.96. The Hall–Kier alpha value is -2.39. The number of carbonyl (C=O) groups is 2. The Labute approximate surface area is 183 Å². The Kier molecular flexibility index (Phi) is 9.32. The highest BCUT2D eigenvalue weighted by Gasteiger charge is 2.40. The Bertz CT molecular complexity index is 737. The molecule has 0 aromatic heterocycles. The number of nitrogens with zero attached hydrogens (tertiary/aromatic N) is 4. The Balaban J connectivity index is 0.00000320. The third-order valence-electron chi connectivity index (χ3n) is 5.11. The molecule has 0 bridgehead atoms. The number of quaternary nitrogens is 1. The number of aliphatic imine (C=N–C) groups is 2. The minimum absolute atomic E-state index is 0. The van der Waals surface area contributed by atoms with Crippen molar-refractivity contribution in [3.05, 3.63) is 23.8 Å². The van der Waals surface area contributed by atoms with Crippen molar-refractivity contribution in [1.29, 1.82) is 0 Å². The Morgan fingerprint density at radius 3 is 2.53 bits per heavy atom. The standard InChI is InChI=1S/C20H29N5O4.ClH/c1-3-5-11-28-19(26)23-9-10-25(20(27)29-12-6-4-2)17(14-23)18-16-13-21-7-8-24(16)15-22-18;/h7-8,13,15,17H,3-6,9-12,14H2,1-2H3;1H. The van der Waals surface area contributed by atoms with Gasteiger partial charge in [0.25, 0.3) is 0 Å². The molecule has 3 rings (SSSR count). The predicted octanol–water partition coefficient (Wildman–Crippen LogP) is -1.46. The molecule has 0 radical (unpaired) electrons. The van der Waals surface area contributed by atoms with E-state index in [2.05, 4.69) is 9.98 Å². The van der Waals surface area contributed by atoms with E-state index < -0.39 is 6.04 Å². The van der Waals surface area contributed by atoms with Gasteiger partial charge >= 0.3 is 12.2 Å². The van der Waals surface area contributed by atoms with Gasteiger partial charge in [-0.05, 0) is 12.8 Å². The molecule has 0 aliphatic carbocycles. The molecule has 2 atom stereocenters. The number of piperazine rings is 1. The lowest BCUT2D eigenvalue weighted by molar-refractivity contribution is -0.682. The van der Waals surface area contributed by atoms with Crippen molar-refractivity contribution in [3.8, 4) is 0 Å². The first-order chi connectivity index (χ1) is 14.2. The zero-order valence-corrected chi connectivity index (χ0v) is 18.3. The fourth-order valence-corrected chi connectivity index (χ4v) is 3.39. The molecule has 0 spiro atoms. The summed E-state index contributed by atoms with van der Waals surface area (Å²) >= 11 is 0. The molecule has 1 N–H and O–H groups in total. The second kappa shape index (κ2) is 11.7. The molecule has 30 heavy (non-hydrogen) atoms. The number of unbranched alkanes of at least 4 members (excludes halogenated alkanes) is 2. The maximum absolute atomic E-state index is 12.7. The number of halogens is 1. The second-order valence-electron chi connectivity index (χ2n) is 7.20. The van der Waals surface area contributed by atoms with E-state index in [1.54, 1.807) is 28.6 Å². The highest BCUT2D eigenvalue weighted by Crippen LogP contribution is 2.23. The van der Waals surface area contributed by atoms with Gasteiger partial charge in [-0.15, -0.1) is 0 Å². The first-order valence-electron chi connectivity index (χ1n) is 10.4. The van der Waals surface area contributed by atoms with Crippen LogP contribution in [0.2, 0.25) is 0 Å². The number of carbonyl (C=O) groups excluding carboxylic acids is 2. The molecular weight excluding hydrogens is 410 g/mol. The van der Waals surface area contributed by atoms with Crippen molar-refractivity contribution in [2.24, 2.45) is 9.98 Å². The molecule has 3 heterocycles. The van der Waals surface area contributed by atoms with Gasteiger partial charge in [0.1, 0.15) is 17.9 Å². The molecule has 3 aliphatic rings. The zero-order valence-electron chi connectivity index (χ0n) is 17.6. The van der Waals surface area contributed by atoms with E-state index >= 15 is 0 Å². The number of nitrogens with one attached hydrogen (secondary N) is 1. The fourth-order valence-electron chi connectivity index (χ4n) is 3.39. The van der Waals surface area contributed by atoms with Crippen LogP contribution in [0, 0.1) is 0 Å². The van der Waals surface area contributed by atoms with Crippen LogP contribution in [0.3, 0.4) is 0 Å². The van der Waals surface area contributed by atoms with Crippen molar-refractivity contribution in [2.75, 3.05) is 32.8 Å². The summed E-state index contributed by atoms with van der Waals surface area (Å²) in [6, 6.07) is -0.404. The fraction of sp³-hybridized carbons (Fsp3) is 0.600. The molecule has 1 saturated heterocycles. The summed E-state index contributed by atoms with van der Waals surface area (Å²) in [5, 5.41) is 0. The second-order valence-corrected chi connectivity index (χ2v) is 7.20. The summed E-state index contributed by atoms with van der Waals surface area (Å²) < 4.78 is 10.8. The van der Waals surface area contributed by atoms with Gasteiger partial charge in [0, 0.05) is 13.1 Å². The predicted molar refractivity (Wildman–Crippen MR) is 109 cm³/mol. The van der Waals surface area contributed by atoms with Crippen LogP contribution in [-0.4, -0.2) is 73.4 Å². The van der Waals surface area contributed by atoms with Gasteiger partial charge in [-0.1, -0.05) is 26.7 Å². The average Bonchev–Trinajstić information content (AvgIpc) is 3.17. The molecule has 3 aliphatic heterocycles. The normalized spacial score (nSPS) is 22.1. The highest BCUT2D eigenvalue weighted by atomic mass is 35.5. The van der Waals surface area contributed by atoms with Gasteiger partial charge in [0.15, 0.2) is 12.0 Å². The van der Waals surface area contributed by atoms with Gasteiger partial charge in [0.05, 0.1) is 32.2 Å². The van der Waals surface area contributed by atoms with Crippen LogP contribution >= 0.6 is 0 Å². The van der Waals surface area contributed by atoms with Gasteiger partial charge in [0.2, 0.25) is 0 Å². The van der Waals surface area contributed by atoms with Crippen LogP contribution in [0.5, 0.6) is 0 Å². The van der Waals surface area contributed by atoms with Crippen LogP contribution in [0.25, 0.3) is 0 Å². The van der Waals surface area contributed by atoms with Crippen LogP contribution in [-0.2, 0) is 9.47 Å². The maximum Gasteiger partial charge on any atom is 0.410 e. The van der Waals surface area contributed by atoms with E-state index in [1.807, 2.05) is 20.0 Å². The largest absolute Gasteiger partial charge is 1.00 e. The molecule has 0 aromatic rings. The Morgan fingerprint density at radius 1 is 1.13 bits per heavy atom. The summed E-state index contributed by atoms with van der Waals surface area (Å²) in [4.78, 5) is 38.2. The van der Waals surface area contributed by atoms with E-state index in [-0.39, 0.29) is 24.6 Å². The molecular formula is C20H30ClN5O4. The van der Waals surface area contributed by atoms with Crippen LogP contribution in [0.4, 0.5) is 9.59 Å². The first kappa shape index (κ1) is 23.9. The van der Waals surface area contributed by atoms with Crippen molar-refractivity contribution < 1.29 is 36.4 Å². The lowest BCUT2D eigenvalue weighted by Crippen LogP contribution is -3.04. The lowest BCUT2D eigenvalue weighted by atomic mass is 10.1. The molecule has 2 amide bonds. The number of hydrogen-bond acceptors (Lipinski definition) is 6. The summed E-state index contributed by atoms with van der Waals surface area (Å²) in [6.45, 7) is 5.97. The van der Waals surface area contributed by atoms with Gasteiger partial charge in [-0.25, -0.2) is 14.5 Å². The van der Waals surface area contributed by atoms with E-state index in [0.717, 1.165) is 42.0 Å². The smallest absolute Gasteiger partial charge is 0.410 e. The minimum atomic E-state index is -0.404. The van der Waals surface area contributed by atoms with E-state index in [1.165, 1.54) is 0 Å². The molecule has 1 fully saturated rings. The molecule has 9 nitrogen and oxygen atoms in total. The quantitative estimate of drug-likeness (QED) is 0.491. The van der Waals surface area contributed by atoms with Crippen molar-refractivity contribution >= 4 is 24.7 Å². The molecule has 2 unspecified atom stereocenters. The average molecular weight is 440 g/mol. The Morgan fingerprint density at radius 2 is 1.83 bits per heavy atom. The van der Waals surface area contributed by atoms with Gasteiger partial charge in [-0.3, -0.25) is 9.89 Å². The lowest BCUT2D eigenvalue weighted by Gasteiger charge is -2.39. The monoisotopic (exact) mass is 439 g/mol. The van der Waals surface area contributed by atoms with E-state index in [4.69, 9.17) is 9.47 Å². The van der Waals surface area contributed by atoms with Crippen molar-refractivity contribution in [2.45, 2.75) is 45.6 Å². The highest BCUT2D eigenvalue weighted by molar-refractivity contribution is 5.82. The molecule has 166 valence electrons. The number of ether oxygens (including phenoxy) is 2. The maximum atomic E-state index is 12.7. The number of fused-ring (bicyclic) bond motifs is 1. The first-order valence-corrected chi connectivity index (χ1v) is 10.4. The number of allylic oxidation sites excluding steroid dienone is 1. The van der Waals surface area contributed by atoms with E-state index in [0.29, 0.717) is 32.8 Å². The third-order valence-corrected chi connectivity index (χ3v) is 5.11. The summed E-state index contributed by atoms with van der Waals surface area (Å²) in [5.41, 5.74) is 1.61. The van der Waals surface area contributed by atoms with Crippen molar-refractivity contribution in [1.82, 2.24) is 9.80 Å². The molecule has 0 aromatic carbocycles. The van der Waals surface area contributed by atoms with Gasteiger partial charge < -0.3 is 26.8 Å².